The molecule has 2 heteroatoms. The van der Waals surface area contributed by atoms with Gasteiger partial charge in [-0.3, -0.25) is 9.59 Å². The van der Waals surface area contributed by atoms with Gasteiger partial charge in [-0.25, -0.2) is 0 Å². The van der Waals surface area contributed by atoms with Gasteiger partial charge in [0.2, 0.25) is 0 Å². The Labute approximate surface area is 258 Å². The average molecular weight is 575 g/mol. The Balaban J connectivity index is 1.38. The third kappa shape index (κ3) is 4.98. The fourth-order valence-electron chi connectivity index (χ4n) is 11.9. The molecule has 0 aliphatic heterocycles. The molecule has 5 aliphatic carbocycles. The van der Waals surface area contributed by atoms with Gasteiger partial charge in [0.05, 0.1) is 0 Å². The van der Waals surface area contributed by atoms with Crippen LogP contribution in [0.3, 0.4) is 0 Å². The Hall–Kier alpha value is -1.44. The number of fused-ring (bicyclic) bond motifs is 7. The van der Waals surface area contributed by atoms with Crippen molar-refractivity contribution in [2.45, 2.75) is 146 Å². The topological polar surface area (TPSA) is 34.1 Å². The fourth-order valence-corrected chi connectivity index (χ4v) is 11.9. The molecule has 2 nitrogen and oxygen atoms in total. The SMILES string of the molecule is CCCCC(=O)/C=C/C=C/C(=O)[C@H]1CC[C@]2(C)[C@H]3CC=C4[C@@H]5CC(C)(C)CC[C@]5(C)CC[C@@]4(C)[C@]3(C)CC[C@H]2C1(C)C. The van der Waals surface area contributed by atoms with Gasteiger partial charge in [-0.05, 0) is 133 Å². The zero-order chi connectivity index (χ0) is 30.8. The van der Waals surface area contributed by atoms with E-state index in [0.717, 1.165) is 31.6 Å². The molecule has 0 radical (unpaired) electrons. The molecular formula is C40H62O2. The second kappa shape index (κ2) is 10.9. The molecule has 0 spiro atoms. The molecule has 0 unspecified atom stereocenters. The van der Waals surface area contributed by atoms with E-state index in [2.05, 4.69) is 68.4 Å². The molecule has 0 aromatic rings. The van der Waals surface area contributed by atoms with E-state index in [1.165, 1.54) is 51.4 Å². The molecule has 0 aromatic carbocycles. The molecule has 5 rings (SSSR count). The van der Waals surface area contributed by atoms with Crippen LogP contribution in [0.5, 0.6) is 0 Å². The zero-order valence-corrected chi connectivity index (χ0v) is 28.7. The van der Waals surface area contributed by atoms with Gasteiger partial charge >= 0.3 is 0 Å². The lowest BCUT2D eigenvalue weighted by molar-refractivity contribution is -0.191. The molecule has 234 valence electrons. The molecule has 4 fully saturated rings. The normalized spacial score (nSPS) is 44.1. The van der Waals surface area contributed by atoms with Crippen LogP contribution in [-0.4, -0.2) is 11.6 Å². The number of carbonyl (C=O) groups is 2. The number of ketones is 2. The minimum Gasteiger partial charge on any atom is -0.295 e. The number of hydrogen-bond acceptors (Lipinski definition) is 2. The minimum absolute atomic E-state index is 0.0279. The molecule has 0 saturated heterocycles. The minimum atomic E-state index is -0.0279. The van der Waals surface area contributed by atoms with Crippen LogP contribution in [0.1, 0.15) is 146 Å². The van der Waals surface area contributed by atoms with Gasteiger partial charge in [-0.15, -0.1) is 0 Å². The van der Waals surface area contributed by atoms with Crippen molar-refractivity contribution in [3.05, 3.63) is 36.0 Å². The highest BCUT2D eigenvalue weighted by atomic mass is 16.1. The lowest BCUT2D eigenvalue weighted by Crippen LogP contribution is -2.64. The second-order valence-electron chi connectivity index (χ2n) is 18.0. The van der Waals surface area contributed by atoms with Gasteiger partial charge in [0, 0.05) is 12.3 Å². The van der Waals surface area contributed by atoms with Crippen LogP contribution < -0.4 is 0 Å². The lowest BCUT2D eigenvalue weighted by atomic mass is 9.33. The molecule has 8 atom stereocenters. The summed E-state index contributed by atoms with van der Waals surface area (Å²) in [7, 11) is 0. The van der Waals surface area contributed by atoms with Gasteiger partial charge in [0.1, 0.15) is 0 Å². The maximum absolute atomic E-state index is 13.6. The van der Waals surface area contributed by atoms with Crippen LogP contribution in [-0.2, 0) is 9.59 Å². The predicted octanol–water partition coefficient (Wildman–Crippen LogP) is 10.9. The van der Waals surface area contributed by atoms with E-state index in [9.17, 15) is 9.59 Å². The van der Waals surface area contributed by atoms with E-state index in [-0.39, 0.29) is 28.3 Å². The van der Waals surface area contributed by atoms with Crippen molar-refractivity contribution in [3.63, 3.8) is 0 Å². The van der Waals surface area contributed by atoms with Gasteiger partial charge in [-0.2, -0.15) is 0 Å². The maximum atomic E-state index is 13.6. The predicted molar refractivity (Wildman–Crippen MR) is 176 cm³/mol. The van der Waals surface area contributed by atoms with E-state index >= 15 is 0 Å². The highest BCUT2D eigenvalue weighted by Crippen LogP contribution is 2.76. The Morgan fingerprint density at radius 1 is 0.833 bits per heavy atom. The monoisotopic (exact) mass is 574 g/mol. The first-order chi connectivity index (χ1) is 19.5. The standard InChI is InChI=1S/C40H62O2/c1-10-11-14-28(41)15-12-13-16-32(42)30-19-21-38(7)33(36(30,4)5)20-22-40(9)34(38)18-17-29-31-27-35(2,3)23-24-37(31,6)25-26-39(29,40)8/h12-13,15-17,30-31,33-34H,10-11,14,18-27H2,1-9H3/b15-12+,16-13+/t30-,31+,33+,34-,37-,38+,39-,40-/m1/s1. The molecule has 0 aromatic heterocycles. The van der Waals surface area contributed by atoms with Gasteiger partial charge in [0.15, 0.2) is 11.6 Å². The highest BCUT2D eigenvalue weighted by molar-refractivity contribution is 5.93. The summed E-state index contributed by atoms with van der Waals surface area (Å²) < 4.78 is 0. The number of allylic oxidation sites excluding steroid dienone is 6. The largest absolute Gasteiger partial charge is 0.295 e. The van der Waals surface area contributed by atoms with E-state index in [4.69, 9.17) is 0 Å². The summed E-state index contributed by atoms with van der Waals surface area (Å²) in [6.45, 7) is 22.6. The van der Waals surface area contributed by atoms with Gasteiger partial charge in [0.25, 0.3) is 0 Å². The van der Waals surface area contributed by atoms with E-state index < -0.39 is 0 Å². The quantitative estimate of drug-likeness (QED) is 0.172. The molecule has 42 heavy (non-hydrogen) atoms. The molecule has 0 amide bonds. The van der Waals surface area contributed by atoms with Gasteiger partial charge in [-0.1, -0.05) is 92.5 Å². The molecule has 0 heterocycles. The van der Waals surface area contributed by atoms with E-state index in [0.29, 0.717) is 39.9 Å². The van der Waals surface area contributed by atoms with Crippen molar-refractivity contribution in [1.82, 2.24) is 0 Å². The summed E-state index contributed by atoms with van der Waals surface area (Å²) in [6, 6.07) is 0. The third-order valence-electron chi connectivity index (χ3n) is 14.9. The van der Waals surface area contributed by atoms with Crippen LogP contribution in [0, 0.1) is 56.2 Å². The highest BCUT2D eigenvalue weighted by Gasteiger charge is 2.68. The third-order valence-corrected chi connectivity index (χ3v) is 14.9. The van der Waals surface area contributed by atoms with Crippen molar-refractivity contribution < 1.29 is 9.59 Å². The molecule has 4 saturated carbocycles. The second-order valence-corrected chi connectivity index (χ2v) is 18.0. The lowest BCUT2D eigenvalue weighted by Gasteiger charge is -2.71. The van der Waals surface area contributed by atoms with Crippen molar-refractivity contribution >= 4 is 11.6 Å². The van der Waals surface area contributed by atoms with Crippen LogP contribution >= 0.6 is 0 Å². The van der Waals surface area contributed by atoms with Crippen LogP contribution in [0.15, 0.2) is 36.0 Å². The average Bonchev–Trinajstić information content (AvgIpc) is 2.90. The van der Waals surface area contributed by atoms with Crippen molar-refractivity contribution in [2.24, 2.45) is 56.2 Å². The summed E-state index contributed by atoms with van der Waals surface area (Å²) in [5, 5.41) is 0. The fraction of sp³-hybridized carbons (Fsp3) is 0.800. The first-order valence-corrected chi connectivity index (χ1v) is 17.7. The van der Waals surface area contributed by atoms with Crippen LogP contribution in [0.25, 0.3) is 0 Å². The first kappa shape index (κ1) is 32.0. The van der Waals surface area contributed by atoms with Crippen molar-refractivity contribution in [1.29, 1.82) is 0 Å². The summed E-state index contributed by atoms with van der Waals surface area (Å²) in [4.78, 5) is 25.6. The Morgan fingerprint density at radius 3 is 2.24 bits per heavy atom. The van der Waals surface area contributed by atoms with Crippen molar-refractivity contribution in [2.75, 3.05) is 0 Å². The molecule has 0 bridgehead atoms. The summed E-state index contributed by atoms with van der Waals surface area (Å²) in [5.74, 6) is 2.46. The van der Waals surface area contributed by atoms with Crippen LogP contribution in [0.4, 0.5) is 0 Å². The zero-order valence-electron chi connectivity index (χ0n) is 28.7. The number of carbonyl (C=O) groups excluding carboxylic acids is 2. The summed E-state index contributed by atoms with van der Waals surface area (Å²) in [6.07, 6.45) is 25.1. The number of hydrogen-bond donors (Lipinski definition) is 0. The molecular weight excluding hydrogens is 512 g/mol. The van der Waals surface area contributed by atoms with Crippen molar-refractivity contribution in [3.8, 4) is 0 Å². The summed E-state index contributed by atoms with van der Waals surface area (Å²) >= 11 is 0. The van der Waals surface area contributed by atoms with Gasteiger partial charge < -0.3 is 0 Å². The smallest absolute Gasteiger partial charge is 0.159 e. The first-order valence-electron chi connectivity index (χ1n) is 17.7. The van der Waals surface area contributed by atoms with Crippen LogP contribution in [0.2, 0.25) is 0 Å². The molecule has 0 N–H and O–H groups in total. The molecule has 5 aliphatic rings. The Kier molecular flexibility index (Phi) is 8.27. The summed E-state index contributed by atoms with van der Waals surface area (Å²) in [5.41, 5.74) is 3.64. The number of unbranched alkanes of at least 4 members (excludes halogenated alkanes) is 1. The Bertz CT molecular complexity index is 1170. The number of rotatable bonds is 7. The maximum Gasteiger partial charge on any atom is 0.159 e. The van der Waals surface area contributed by atoms with E-state index in [1.807, 2.05) is 11.6 Å². The Morgan fingerprint density at radius 2 is 1.52 bits per heavy atom. The van der Waals surface area contributed by atoms with E-state index in [1.54, 1.807) is 18.2 Å².